The Morgan fingerprint density at radius 3 is 2.61 bits per heavy atom. The first-order chi connectivity index (χ1) is 11.1. The summed E-state index contributed by atoms with van der Waals surface area (Å²) in [6, 6.07) is 14.4. The van der Waals surface area contributed by atoms with Crippen LogP contribution in [-0.4, -0.2) is 24.5 Å². The summed E-state index contributed by atoms with van der Waals surface area (Å²) in [5.41, 5.74) is 1.57. The summed E-state index contributed by atoms with van der Waals surface area (Å²) in [4.78, 5) is 13.5. The Bertz CT molecular complexity index is 628. The van der Waals surface area contributed by atoms with E-state index in [4.69, 9.17) is 11.6 Å². The number of amides is 2. The fourth-order valence-corrected chi connectivity index (χ4v) is 2.48. The van der Waals surface area contributed by atoms with Crippen molar-refractivity contribution in [3.63, 3.8) is 0 Å². The summed E-state index contributed by atoms with van der Waals surface area (Å²) in [5, 5.41) is 3.16. The number of carbonyl (C=O) groups excluding carboxylic acids is 1. The number of nitrogens with one attached hydrogen (secondary N) is 1. The summed E-state index contributed by atoms with van der Waals surface area (Å²) in [7, 11) is 1.62. The van der Waals surface area contributed by atoms with Gasteiger partial charge in [-0.05, 0) is 30.5 Å². The first kappa shape index (κ1) is 17.3. The Labute approximate surface area is 141 Å². The Balaban J connectivity index is 1.77. The van der Waals surface area contributed by atoms with Crippen LogP contribution in [0.25, 0.3) is 0 Å². The number of aryl methyl sites for hydroxylation is 1. The second-order valence-electron chi connectivity index (χ2n) is 5.38. The summed E-state index contributed by atoms with van der Waals surface area (Å²) in [5.74, 6) is -0.402. The average Bonchev–Trinajstić information content (AvgIpc) is 2.55. The largest absolute Gasteiger partial charge is 0.338 e. The minimum absolute atomic E-state index is 0.135. The molecule has 0 aromatic heterocycles. The lowest BCUT2D eigenvalue weighted by Crippen LogP contribution is -2.37. The van der Waals surface area contributed by atoms with Crippen molar-refractivity contribution in [3.8, 4) is 0 Å². The molecular weight excluding hydrogens is 315 g/mol. The number of urea groups is 1. The smallest absolute Gasteiger partial charge is 0.317 e. The van der Waals surface area contributed by atoms with E-state index in [1.165, 1.54) is 16.5 Å². The molecule has 3 nitrogen and oxygen atoms in total. The molecule has 0 atom stereocenters. The minimum atomic E-state index is -0.402. The van der Waals surface area contributed by atoms with Crippen LogP contribution in [0.4, 0.5) is 9.18 Å². The van der Waals surface area contributed by atoms with Crippen molar-refractivity contribution >= 4 is 17.6 Å². The molecule has 2 aromatic rings. The van der Waals surface area contributed by atoms with Crippen LogP contribution in [-0.2, 0) is 13.0 Å². The quantitative estimate of drug-likeness (QED) is 0.787. The van der Waals surface area contributed by atoms with E-state index in [9.17, 15) is 9.18 Å². The monoisotopic (exact) mass is 334 g/mol. The minimum Gasteiger partial charge on any atom is -0.338 e. The van der Waals surface area contributed by atoms with E-state index < -0.39 is 5.82 Å². The number of halogens is 2. The summed E-state index contributed by atoms with van der Waals surface area (Å²) in [6.07, 6.45) is 1.76. The third-order valence-corrected chi connectivity index (χ3v) is 3.92. The molecule has 0 bridgehead atoms. The molecule has 0 aliphatic heterocycles. The zero-order valence-corrected chi connectivity index (χ0v) is 13.8. The van der Waals surface area contributed by atoms with E-state index in [2.05, 4.69) is 17.4 Å². The molecule has 0 radical (unpaired) electrons. The second kappa shape index (κ2) is 8.53. The molecule has 0 unspecified atom stereocenters. The standard InChI is InChI=1S/C18H20ClFN2O/c1-22(13-15-16(19)10-5-11-17(15)20)18(23)21-12-6-9-14-7-3-2-4-8-14/h2-5,7-8,10-11H,6,9,12-13H2,1H3,(H,21,23). The van der Waals surface area contributed by atoms with Gasteiger partial charge in [-0.25, -0.2) is 9.18 Å². The van der Waals surface area contributed by atoms with Crippen molar-refractivity contribution in [1.29, 1.82) is 0 Å². The van der Waals surface area contributed by atoms with Crippen molar-refractivity contribution in [2.75, 3.05) is 13.6 Å². The van der Waals surface area contributed by atoms with Crippen molar-refractivity contribution in [3.05, 3.63) is 70.5 Å². The molecule has 2 rings (SSSR count). The van der Waals surface area contributed by atoms with Gasteiger partial charge in [-0.15, -0.1) is 0 Å². The van der Waals surface area contributed by atoms with Gasteiger partial charge in [-0.1, -0.05) is 48.0 Å². The van der Waals surface area contributed by atoms with Crippen LogP contribution in [0.2, 0.25) is 5.02 Å². The zero-order valence-electron chi connectivity index (χ0n) is 13.1. The Hall–Kier alpha value is -2.07. The van der Waals surface area contributed by atoms with E-state index in [1.54, 1.807) is 19.2 Å². The van der Waals surface area contributed by atoms with Gasteiger partial charge in [0.2, 0.25) is 0 Å². The predicted molar refractivity (Wildman–Crippen MR) is 91.0 cm³/mol. The van der Waals surface area contributed by atoms with Gasteiger partial charge in [-0.2, -0.15) is 0 Å². The lowest BCUT2D eigenvalue weighted by molar-refractivity contribution is 0.206. The van der Waals surface area contributed by atoms with Crippen LogP contribution in [0.1, 0.15) is 17.5 Å². The highest BCUT2D eigenvalue weighted by Gasteiger charge is 2.13. The predicted octanol–water partition coefficient (Wildman–Crippen LogP) is 4.25. The molecule has 5 heteroatoms. The second-order valence-corrected chi connectivity index (χ2v) is 5.78. The van der Waals surface area contributed by atoms with E-state index in [-0.39, 0.29) is 12.6 Å². The van der Waals surface area contributed by atoms with Gasteiger partial charge < -0.3 is 10.2 Å². The molecule has 0 saturated heterocycles. The van der Waals surface area contributed by atoms with Gasteiger partial charge in [0.1, 0.15) is 5.82 Å². The third-order valence-electron chi connectivity index (χ3n) is 3.56. The van der Waals surface area contributed by atoms with E-state index in [0.717, 1.165) is 12.8 Å². The Morgan fingerprint density at radius 1 is 1.17 bits per heavy atom. The normalized spacial score (nSPS) is 10.4. The molecule has 23 heavy (non-hydrogen) atoms. The summed E-state index contributed by atoms with van der Waals surface area (Å²) in [6.45, 7) is 0.707. The Kier molecular flexibility index (Phi) is 6.41. The Morgan fingerprint density at radius 2 is 1.91 bits per heavy atom. The van der Waals surface area contributed by atoms with Crippen LogP contribution in [0, 0.1) is 5.82 Å². The lowest BCUT2D eigenvalue weighted by atomic mass is 10.1. The van der Waals surface area contributed by atoms with Gasteiger partial charge in [0.25, 0.3) is 0 Å². The number of benzene rings is 2. The number of hydrogen-bond acceptors (Lipinski definition) is 1. The summed E-state index contributed by atoms with van der Waals surface area (Å²) < 4.78 is 13.7. The van der Waals surface area contributed by atoms with Crippen molar-refractivity contribution in [1.82, 2.24) is 10.2 Å². The van der Waals surface area contributed by atoms with Crippen molar-refractivity contribution in [2.45, 2.75) is 19.4 Å². The van der Waals surface area contributed by atoms with Gasteiger partial charge in [0, 0.05) is 24.2 Å². The molecule has 122 valence electrons. The number of hydrogen-bond donors (Lipinski definition) is 1. The average molecular weight is 335 g/mol. The molecule has 0 spiro atoms. The molecule has 0 aliphatic carbocycles. The number of carbonyl (C=O) groups is 1. The van der Waals surface area contributed by atoms with Crippen LogP contribution < -0.4 is 5.32 Å². The molecule has 0 fully saturated rings. The van der Waals surface area contributed by atoms with E-state index in [1.807, 2.05) is 18.2 Å². The third kappa shape index (κ3) is 5.25. The van der Waals surface area contributed by atoms with Gasteiger partial charge in [0.05, 0.1) is 6.54 Å². The van der Waals surface area contributed by atoms with Crippen LogP contribution in [0.3, 0.4) is 0 Å². The first-order valence-corrected chi connectivity index (χ1v) is 7.91. The maximum Gasteiger partial charge on any atom is 0.317 e. The molecule has 0 aliphatic rings. The first-order valence-electron chi connectivity index (χ1n) is 7.53. The molecule has 2 aromatic carbocycles. The van der Waals surface area contributed by atoms with Crippen molar-refractivity contribution < 1.29 is 9.18 Å². The maximum atomic E-state index is 13.7. The number of rotatable bonds is 6. The van der Waals surface area contributed by atoms with Crippen molar-refractivity contribution in [2.24, 2.45) is 0 Å². The van der Waals surface area contributed by atoms with Gasteiger partial charge >= 0.3 is 6.03 Å². The molecular formula is C18H20ClFN2O. The topological polar surface area (TPSA) is 32.3 Å². The van der Waals surface area contributed by atoms with Crippen LogP contribution >= 0.6 is 11.6 Å². The van der Waals surface area contributed by atoms with E-state index in [0.29, 0.717) is 17.1 Å². The fraction of sp³-hybridized carbons (Fsp3) is 0.278. The highest BCUT2D eigenvalue weighted by atomic mass is 35.5. The zero-order chi connectivity index (χ0) is 16.7. The fourth-order valence-electron chi connectivity index (χ4n) is 2.26. The SMILES string of the molecule is CN(Cc1c(F)cccc1Cl)C(=O)NCCCc1ccccc1. The molecule has 0 heterocycles. The maximum absolute atomic E-state index is 13.7. The molecule has 1 N–H and O–H groups in total. The highest BCUT2D eigenvalue weighted by Crippen LogP contribution is 2.20. The van der Waals surface area contributed by atoms with Gasteiger partial charge in [0.15, 0.2) is 0 Å². The molecule has 0 saturated carbocycles. The van der Waals surface area contributed by atoms with Crippen LogP contribution in [0.15, 0.2) is 48.5 Å². The lowest BCUT2D eigenvalue weighted by Gasteiger charge is -2.19. The number of nitrogens with zero attached hydrogens (tertiary/aromatic N) is 1. The van der Waals surface area contributed by atoms with Crippen LogP contribution in [0.5, 0.6) is 0 Å². The molecule has 2 amide bonds. The summed E-state index contributed by atoms with van der Waals surface area (Å²) >= 11 is 5.97. The van der Waals surface area contributed by atoms with E-state index >= 15 is 0 Å². The highest BCUT2D eigenvalue weighted by molar-refractivity contribution is 6.31. The van der Waals surface area contributed by atoms with Gasteiger partial charge in [-0.3, -0.25) is 0 Å².